The number of aromatic carboxylic acids is 1. The molecule has 0 amide bonds. The lowest BCUT2D eigenvalue weighted by Crippen LogP contribution is -2.27. The smallest absolute Gasteiger partial charge is 0.371 e. The van der Waals surface area contributed by atoms with Crippen LogP contribution < -0.4 is 5.43 Å². The van der Waals surface area contributed by atoms with Gasteiger partial charge in [0.25, 0.3) is 0 Å². The van der Waals surface area contributed by atoms with E-state index in [0.29, 0.717) is 18.2 Å². The molecule has 0 aliphatic heterocycles. The van der Waals surface area contributed by atoms with Crippen molar-refractivity contribution in [3.05, 3.63) is 75.6 Å². The summed E-state index contributed by atoms with van der Waals surface area (Å²) in [5.41, 5.74) is 2.23. The van der Waals surface area contributed by atoms with Gasteiger partial charge in [0.05, 0.1) is 5.39 Å². The van der Waals surface area contributed by atoms with Gasteiger partial charge in [0, 0.05) is 17.4 Å². The largest absolute Gasteiger partial charge is 0.475 e. The number of fused-ring (bicyclic) bond motifs is 1. The summed E-state index contributed by atoms with van der Waals surface area (Å²) >= 11 is 1.34. The molecule has 0 aliphatic carbocycles. The van der Waals surface area contributed by atoms with E-state index >= 15 is 0 Å². The molecule has 0 saturated carbocycles. The molecule has 0 radical (unpaired) electrons. The van der Waals surface area contributed by atoms with Gasteiger partial charge in [-0.05, 0) is 55.0 Å². The molecule has 0 saturated heterocycles. The summed E-state index contributed by atoms with van der Waals surface area (Å²) in [7, 11) is 0. The highest BCUT2D eigenvalue weighted by Gasteiger charge is 2.28. The third-order valence-corrected chi connectivity index (χ3v) is 7.93. The molecule has 0 bridgehead atoms. The molecular weight excluding hydrogens is 484 g/mol. The predicted molar refractivity (Wildman–Crippen MR) is 152 cm³/mol. The van der Waals surface area contributed by atoms with Crippen molar-refractivity contribution < 1.29 is 19.4 Å². The van der Waals surface area contributed by atoms with Crippen LogP contribution >= 0.6 is 11.8 Å². The Morgan fingerprint density at radius 1 is 0.865 bits per heavy atom. The Kier molecular flexibility index (Phi) is 11.3. The standard InChI is InChI=1S/C31H40O5S/c1-3-5-7-8-9-10-11-12-23-13-15-24(16-14-23)22-31(35,19-6-4-2)37-25-17-18-26-27(32)21-29(30(33)34)36-28(26)20-25/h13-18,20-21,35H,3-12,19,22H2,1-2H3,(H,33,34)/t31-/m1/s1. The Hall–Kier alpha value is -2.57. The van der Waals surface area contributed by atoms with Gasteiger partial charge in [-0.2, -0.15) is 0 Å². The average molecular weight is 525 g/mol. The normalized spacial score (nSPS) is 13.1. The molecule has 0 fully saturated rings. The second-order valence-electron chi connectivity index (χ2n) is 9.95. The van der Waals surface area contributed by atoms with Crippen LogP contribution in [0.2, 0.25) is 0 Å². The van der Waals surface area contributed by atoms with Crippen LogP contribution in [0, 0.1) is 0 Å². The van der Waals surface area contributed by atoms with Crippen LogP contribution in [0.1, 0.15) is 99.7 Å². The maximum absolute atomic E-state index is 12.3. The molecular formula is C31H40O5S. The second kappa shape index (κ2) is 14.4. The summed E-state index contributed by atoms with van der Waals surface area (Å²) in [6, 6.07) is 14.6. The molecule has 3 aromatic rings. The Labute approximate surface area is 224 Å². The molecule has 200 valence electrons. The number of carboxylic acid groups (broad SMARTS) is 1. The minimum atomic E-state index is -1.29. The lowest BCUT2D eigenvalue weighted by atomic mass is 9.99. The zero-order valence-corrected chi connectivity index (χ0v) is 22.9. The van der Waals surface area contributed by atoms with E-state index in [2.05, 4.69) is 38.1 Å². The first-order valence-corrected chi connectivity index (χ1v) is 14.5. The summed E-state index contributed by atoms with van der Waals surface area (Å²) in [5, 5.41) is 21.2. The number of thioether (sulfide) groups is 1. The van der Waals surface area contributed by atoms with Crippen LogP contribution in [-0.2, 0) is 12.8 Å². The molecule has 37 heavy (non-hydrogen) atoms. The van der Waals surface area contributed by atoms with Crippen LogP contribution in [0.15, 0.2) is 62.6 Å². The number of aryl methyl sites for hydroxylation is 1. The third kappa shape index (κ3) is 9.04. The molecule has 0 unspecified atom stereocenters. The quantitative estimate of drug-likeness (QED) is 0.112. The van der Waals surface area contributed by atoms with Crippen molar-refractivity contribution >= 4 is 28.7 Å². The van der Waals surface area contributed by atoms with Gasteiger partial charge in [-0.25, -0.2) is 4.79 Å². The van der Waals surface area contributed by atoms with E-state index in [9.17, 15) is 19.8 Å². The first-order chi connectivity index (χ1) is 17.8. The van der Waals surface area contributed by atoms with Crippen molar-refractivity contribution in [1.29, 1.82) is 0 Å². The number of unbranched alkanes of at least 4 members (excludes halogenated alkanes) is 7. The maximum atomic E-state index is 12.3. The van der Waals surface area contributed by atoms with E-state index in [1.165, 1.54) is 62.3 Å². The average Bonchev–Trinajstić information content (AvgIpc) is 2.87. The van der Waals surface area contributed by atoms with E-state index < -0.39 is 22.1 Å². The van der Waals surface area contributed by atoms with E-state index in [-0.39, 0.29) is 5.58 Å². The van der Waals surface area contributed by atoms with Gasteiger partial charge in [-0.1, -0.05) is 94.8 Å². The number of aliphatic hydroxyl groups is 1. The first kappa shape index (κ1) is 29.0. The third-order valence-electron chi connectivity index (χ3n) is 6.71. The number of hydrogen-bond acceptors (Lipinski definition) is 5. The predicted octanol–water partition coefficient (Wildman–Crippen LogP) is 8.00. The molecule has 2 N–H and O–H groups in total. The van der Waals surface area contributed by atoms with Crippen molar-refractivity contribution in [2.45, 2.75) is 101 Å². The van der Waals surface area contributed by atoms with Gasteiger partial charge in [-0.3, -0.25) is 4.79 Å². The minimum Gasteiger partial charge on any atom is -0.475 e. The molecule has 0 aliphatic rings. The van der Waals surface area contributed by atoms with E-state index in [0.717, 1.165) is 35.8 Å². The summed E-state index contributed by atoms with van der Waals surface area (Å²) in [4.78, 5) is 23.3. The van der Waals surface area contributed by atoms with Gasteiger partial charge in [0.15, 0.2) is 5.43 Å². The van der Waals surface area contributed by atoms with Crippen molar-refractivity contribution in [3.8, 4) is 0 Å². The maximum Gasteiger partial charge on any atom is 0.371 e. The molecule has 6 heteroatoms. The van der Waals surface area contributed by atoms with Crippen LogP contribution in [-0.4, -0.2) is 21.1 Å². The van der Waals surface area contributed by atoms with Gasteiger partial charge >= 0.3 is 5.97 Å². The number of rotatable bonds is 16. The van der Waals surface area contributed by atoms with Crippen LogP contribution in [0.3, 0.4) is 0 Å². The molecule has 5 nitrogen and oxygen atoms in total. The molecule has 1 heterocycles. The van der Waals surface area contributed by atoms with Crippen molar-refractivity contribution in [2.24, 2.45) is 0 Å². The van der Waals surface area contributed by atoms with Crippen molar-refractivity contribution in [3.63, 3.8) is 0 Å². The van der Waals surface area contributed by atoms with Crippen LogP contribution in [0.25, 0.3) is 11.0 Å². The molecule has 1 atom stereocenters. The fourth-order valence-corrected chi connectivity index (χ4v) is 5.81. The number of benzene rings is 2. The van der Waals surface area contributed by atoms with Gasteiger partial charge < -0.3 is 14.6 Å². The summed E-state index contributed by atoms with van der Waals surface area (Å²) in [5.74, 6) is -1.68. The first-order valence-electron chi connectivity index (χ1n) is 13.6. The highest BCUT2D eigenvalue weighted by Crippen LogP contribution is 2.38. The fraction of sp³-hybridized carbons (Fsp3) is 0.484. The molecule has 0 spiro atoms. The summed E-state index contributed by atoms with van der Waals surface area (Å²) in [6.07, 6.45) is 13.2. The van der Waals surface area contributed by atoms with Crippen molar-refractivity contribution in [1.82, 2.24) is 0 Å². The SMILES string of the molecule is CCCCCCCCCc1ccc(C[C@@](O)(CCCC)Sc2ccc3c(=O)cc(C(=O)O)oc3c2)cc1. The van der Waals surface area contributed by atoms with Crippen molar-refractivity contribution in [2.75, 3.05) is 0 Å². The minimum absolute atomic E-state index is 0.211. The monoisotopic (exact) mass is 524 g/mol. The van der Waals surface area contributed by atoms with Gasteiger partial charge in [0.2, 0.25) is 5.76 Å². The molecule has 3 rings (SSSR count). The summed E-state index contributed by atoms with van der Waals surface area (Å²) < 4.78 is 5.44. The lowest BCUT2D eigenvalue weighted by molar-refractivity contribution is 0.0663. The van der Waals surface area contributed by atoms with E-state index in [1.807, 2.05) is 0 Å². The highest BCUT2D eigenvalue weighted by atomic mass is 32.2. The molecule has 2 aromatic carbocycles. The second-order valence-corrected chi connectivity index (χ2v) is 11.4. The Morgan fingerprint density at radius 2 is 1.51 bits per heavy atom. The topological polar surface area (TPSA) is 87.7 Å². The van der Waals surface area contributed by atoms with Crippen LogP contribution in [0.4, 0.5) is 0 Å². The number of carboxylic acids is 1. The van der Waals surface area contributed by atoms with E-state index in [4.69, 9.17) is 4.42 Å². The Morgan fingerprint density at radius 3 is 2.19 bits per heavy atom. The number of hydrogen-bond donors (Lipinski definition) is 2. The zero-order valence-electron chi connectivity index (χ0n) is 22.1. The highest BCUT2D eigenvalue weighted by molar-refractivity contribution is 8.00. The molecule has 1 aromatic heterocycles. The fourth-order valence-electron chi connectivity index (χ4n) is 4.58. The Bertz CT molecular complexity index is 1200. The van der Waals surface area contributed by atoms with Gasteiger partial charge in [0.1, 0.15) is 10.5 Å². The Balaban J connectivity index is 1.66. The summed E-state index contributed by atoms with van der Waals surface area (Å²) in [6.45, 7) is 4.34. The lowest BCUT2D eigenvalue weighted by Gasteiger charge is -2.28. The van der Waals surface area contributed by atoms with Crippen LogP contribution in [0.5, 0.6) is 0 Å². The zero-order chi connectivity index (χ0) is 26.7. The number of carbonyl (C=O) groups is 1. The van der Waals surface area contributed by atoms with Gasteiger partial charge in [-0.15, -0.1) is 0 Å². The van der Waals surface area contributed by atoms with E-state index in [1.54, 1.807) is 18.2 Å².